The minimum Gasteiger partial charge on any atom is -0.504 e. The summed E-state index contributed by atoms with van der Waals surface area (Å²) < 4.78 is 7.50. The van der Waals surface area contributed by atoms with Crippen LogP contribution in [0.5, 0.6) is 11.5 Å². The minimum atomic E-state index is -0.572. The maximum absolute atomic E-state index is 12.6. The van der Waals surface area contributed by atoms with Gasteiger partial charge in [0.15, 0.2) is 16.9 Å². The zero-order chi connectivity index (χ0) is 18.3. The van der Waals surface area contributed by atoms with Crippen LogP contribution >= 0.6 is 0 Å². The second-order valence-electron chi connectivity index (χ2n) is 5.50. The van der Waals surface area contributed by atoms with Crippen LogP contribution in [0.2, 0.25) is 0 Å². The van der Waals surface area contributed by atoms with Gasteiger partial charge in [-0.05, 0) is 25.1 Å². The molecule has 0 radical (unpaired) electrons. The number of ether oxygens (including phenoxy) is 1. The van der Waals surface area contributed by atoms with E-state index in [9.17, 15) is 19.5 Å². The second-order valence-corrected chi connectivity index (χ2v) is 5.50. The SMILES string of the molecule is CCOc1cc(-c2[nH]c(=O)[nH+]c3c2c(=O)n(C)c(=O)n3C)ccc1O. The fraction of sp³-hybridized carbons (Fsp3) is 0.250. The van der Waals surface area contributed by atoms with Gasteiger partial charge in [-0.25, -0.2) is 28.7 Å². The summed E-state index contributed by atoms with van der Waals surface area (Å²) in [5, 5.41) is 10.00. The van der Waals surface area contributed by atoms with Crippen molar-refractivity contribution in [2.45, 2.75) is 6.92 Å². The molecule has 9 heteroatoms. The molecule has 2 aromatic heterocycles. The number of nitrogens with zero attached hydrogens (tertiary/aromatic N) is 2. The molecular formula is C16H17N4O5+. The van der Waals surface area contributed by atoms with Crippen LogP contribution in [0.1, 0.15) is 6.92 Å². The molecule has 0 bridgehead atoms. The van der Waals surface area contributed by atoms with E-state index in [1.165, 1.54) is 30.8 Å². The highest BCUT2D eigenvalue weighted by Crippen LogP contribution is 2.31. The molecule has 0 saturated carbocycles. The average Bonchev–Trinajstić information content (AvgIpc) is 2.59. The van der Waals surface area contributed by atoms with Gasteiger partial charge < -0.3 is 9.84 Å². The van der Waals surface area contributed by atoms with Gasteiger partial charge in [0.25, 0.3) is 5.56 Å². The molecule has 2 heterocycles. The Hall–Kier alpha value is -3.36. The van der Waals surface area contributed by atoms with Crippen LogP contribution in [0.15, 0.2) is 32.6 Å². The molecule has 130 valence electrons. The molecule has 0 saturated heterocycles. The standard InChI is InChI=1S/C16H16N4O5/c1-4-25-10-7-8(5-6-9(10)21)12-11-13(18-15(23)17-12)19(2)16(24)20(3)14(11)22/h5-7,21H,4H2,1-3H3,(H,17,18,23)/p+1. The molecule has 25 heavy (non-hydrogen) atoms. The number of aromatic hydroxyl groups is 1. The smallest absolute Gasteiger partial charge is 0.439 e. The fourth-order valence-corrected chi connectivity index (χ4v) is 2.69. The average molecular weight is 345 g/mol. The number of benzene rings is 1. The van der Waals surface area contributed by atoms with Crippen molar-refractivity contribution in [1.29, 1.82) is 0 Å². The van der Waals surface area contributed by atoms with Crippen molar-refractivity contribution in [3.63, 3.8) is 0 Å². The lowest BCUT2D eigenvalue weighted by Gasteiger charge is -2.09. The van der Waals surface area contributed by atoms with Crippen molar-refractivity contribution >= 4 is 11.0 Å². The Morgan fingerprint density at radius 3 is 2.60 bits per heavy atom. The molecule has 3 rings (SSSR count). The Morgan fingerprint density at radius 2 is 1.92 bits per heavy atom. The van der Waals surface area contributed by atoms with E-state index in [0.717, 1.165) is 4.57 Å². The predicted molar refractivity (Wildman–Crippen MR) is 89.9 cm³/mol. The number of aryl methyl sites for hydroxylation is 1. The van der Waals surface area contributed by atoms with Gasteiger partial charge in [0.05, 0.1) is 13.7 Å². The first kappa shape index (κ1) is 16.5. The van der Waals surface area contributed by atoms with E-state index in [2.05, 4.69) is 9.97 Å². The van der Waals surface area contributed by atoms with Gasteiger partial charge in [-0.2, -0.15) is 0 Å². The van der Waals surface area contributed by atoms with Crippen molar-refractivity contribution in [3.05, 3.63) is 49.5 Å². The van der Waals surface area contributed by atoms with Crippen molar-refractivity contribution in [3.8, 4) is 22.8 Å². The summed E-state index contributed by atoms with van der Waals surface area (Å²) in [5.41, 5.74) is -0.865. The van der Waals surface area contributed by atoms with Crippen LogP contribution in [0.3, 0.4) is 0 Å². The van der Waals surface area contributed by atoms with E-state index in [4.69, 9.17) is 4.74 Å². The van der Waals surface area contributed by atoms with Crippen LogP contribution < -0.4 is 26.7 Å². The number of aromatic amines is 2. The first-order valence-corrected chi connectivity index (χ1v) is 7.56. The predicted octanol–water partition coefficient (Wildman–Crippen LogP) is -0.489. The van der Waals surface area contributed by atoms with Crippen molar-refractivity contribution in [1.82, 2.24) is 14.1 Å². The molecule has 0 atom stereocenters. The Labute approximate surface area is 140 Å². The van der Waals surface area contributed by atoms with Gasteiger partial charge in [-0.15, -0.1) is 0 Å². The molecular weight excluding hydrogens is 328 g/mol. The first-order chi connectivity index (χ1) is 11.8. The quantitative estimate of drug-likeness (QED) is 0.664. The van der Waals surface area contributed by atoms with Crippen LogP contribution in [0, 0.1) is 0 Å². The summed E-state index contributed by atoms with van der Waals surface area (Å²) in [6, 6.07) is 4.48. The highest BCUT2D eigenvalue weighted by Gasteiger charge is 2.21. The fourth-order valence-electron chi connectivity index (χ4n) is 2.69. The van der Waals surface area contributed by atoms with Crippen LogP contribution in [0.4, 0.5) is 0 Å². The zero-order valence-corrected chi connectivity index (χ0v) is 13.9. The molecule has 3 N–H and O–H groups in total. The molecule has 0 fully saturated rings. The lowest BCUT2D eigenvalue weighted by atomic mass is 10.1. The van der Waals surface area contributed by atoms with Crippen LogP contribution in [-0.2, 0) is 14.1 Å². The molecule has 0 unspecified atom stereocenters. The Morgan fingerprint density at radius 1 is 1.20 bits per heavy atom. The van der Waals surface area contributed by atoms with E-state index in [-0.39, 0.29) is 28.2 Å². The third kappa shape index (κ3) is 2.59. The van der Waals surface area contributed by atoms with E-state index < -0.39 is 16.9 Å². The topological polar surface area (TPSA) is 120 Å². The molecule has 9 nitrogen and oxygen atoms in total. The highest BCUT2D eigenvalue weighted by atomic mass is 16.5. The maximum Gasteiger partial charge on any atom is 0.439 e. The minimum absolute atomic E-state index is 0.0555. The molecule has 3 aromatic rings. The van der Waals surface area contributed by atoms with E-state index in [1.807, 2.05) is 0 Å². The Bertz CT molecular complexity index is 1160. The number of fused-ring (bicyclic) bond motifs is 1. The number of hydrogen-bond donors (Lipinski definition) is 2. The van der Waals surface area contributed by atoms with Crippen molar-refractivity contribution in [2.75, 3.05) is 6.61 Å². The van der Waals surface area contributed by atoms with Crippen molar-refractivity contribution < 1.29 is 14.8 Å². The summed E-state index contributed by atoms with van der Waals surface area (Å²) in [6.07, 6.45) is 0. The van der Waals surface area contributed by atoms with Gasteiger partial charge in [0, 0.05) is 12.6 Å². The Kier molecular flexibility index (Phi) is 3.91. The van der Waals surface area contributed by atoms with E-state index in [1.54, 1.807) is 13.0 Å². The summed E-state index contributed by atoms with van der Waals surface area (Å²) in [6.45, 7) is 2.11. The molecule has 0 amide bonds. The number of hydrogen-bond acceptors (Lipinski definition) is 5. The first-order valence-electron chi connectivity index (χ1n) is 7.56. The summed E-state index contributed by atoms with van der Waals surface area (Å²) in [4.78, 5) is 41.8. The summed E-state index contributed by atoms with van der Waals surface area (Å²) >= 11 is 0. The van der Waals surface area contributed by atoms with Crippen molar-refractivity contribution in [2.24, 2.45) is 14.1 Å². The van der Waals surface area contributed by atoms with Gasteiger partial charge in [-0.1, -0.05) is 0 Å². The summed E-state index contributed by atoms with van der Waals surface area (Å²) in [5.74, 6) is 0.170. The number of rotatable bonds is 3. The Balaban J connectivity index is 2.46. The normalized spacial score (nSPS) is 11.0. The lowest BCUT2D eigenvalue weighted by molar-refractivity contribution is -0.374. The van der Waals surface area contributed by atoms with Gasteiger partial charge in [0.2, 0.25) is 5.65 Å². The molecule has 0 spiro atoms. The number of phenolic OH excluding ortho intramolecular Hbond substituents is 1. The third-order valence-electron chi connectivity index (χ3n) is 3.93. The third-order valence-corrected chi connectivity index (χ3v) is 3.93. The number of phenols is 1. The zero-order valence-electron chi connectivity index (χ0n) is 13.9. The maximum atomic E-state index is 12.6. The van der Waals surface area contributed by atoms with Gasteiger partial charge in [0.1, 0.15) is 5.69 Å². The van der Waals surface area contributed by atoms with E-state index in [0.29, 0.717) is 12.2 Å². The summed E-state index contributed by atoms with van der Waals surface area (Å²) in [7, 11) is 2.83. The number of H-pyrrole nitrogens is 2. The monoisotopic (exact) mass is 345 g/mol. The van der Waals surface area contributed by atoms with Crippen LogP contribution in [-0.4, -0.2) is 25.8 Å². The molecule has 0 aliphatic carbocycles. The molecule has 1 aromatic carbocycles. The molecule has 0 aliphatic rings. The highest BCUT2D eigenvalue weighted by molar-refractivity contribution is 5.88. The molecule has 0 aliphatic heterocycles. The van der Waals surface area contributed by atoms with E-state index >= 15 is 0 Å². The van der Waals surface area contributed by atoms with Gasteiger partial charge >= 0.3 is 11.4 Å². The lowest BCUT2D eigenvalue weighted by Crippen LogP contribution is -2.43. The number of aromatic nitrogens is 4. The van der Waals surface area contributed by atoms with Crippen LogP contribution in [0.25, 0.3) is 22.3 Å². The number of nitrogens with one attached hydrogen (secondary N) is 2. The second kappa shape index (κ2) is 5.93. The van der Waals surface area contributed by atoms with Gasteiger partial charge in [-0.3, -0.25) is 4.79 Å². The largest absolute Gasteiger partial charge is 0.504 e.